The van der Waals surface area contributed by atoms with Gasteiger partial charge in [-0.3, -0.25) is 4.57 Å². The number of para-hydroxylation sites is 4. The van der Waals surface area contributed by atoms with Gasteiger partial charge in [-0.25, -0.2) is 9.97 Å². The highest BCUT2D eigenvalue weighted by Crippen LogP contribution is 2.51. The van der Waals surface area contributed by atoms with Gasteiger partial charge in [0.2, 0.25) is 5.95 Å². The molecule has 12 rings (SSSR count). The molecule has 5 heteroatoms. The van der Waals surface area contributed by atoms with E-state index in [2.05, 4.69) is 191 Å². The second-order valence-corrected chi connectivity index (χ2v) is 15.2. The Bertz CT molecular complexity index is 3470. The van der Waals surface area contributed by atoms with Crippen LogP contribution in [-0.4, -0.2) is 19.1 Å². The van der Waals surface area contributed by atoms with Crippen LogP contribution in [0.4, 0.5) is 0 Å². The Morgan fingerprint density at radius 2 is 0.909 bits per heavy atom. The maximum atomic E-state index is 5.54. The van der Waals surface area contributed by atoms with Crippen LogP contribution in [0.5, 0.6) is 0 Å². The molecule has 4 heterocycles. The van der Waals surface area contributed by atoms with Crippen molar-refractivity contribution in [3.63, 3.8) is 0 Å². The van der Waals surface area contributed by atoms with Crippen molar-refractivity contribution < 1.29 is 0 Å². The van der Waals surface area contributed by atoms with Crippen LogP contribution in [0.25, 0.3) is 109 Å². The first-order valence-electron chi connectivity index (χ1n) is 18.6. The van der Waals surface area contributed by atoms with Crippen molar-refractivity contribution in [2.45, 2.75) is 0 Å². The SMILES string of the molecule is c1ccc(-c2ccc(-c3nc(-n4c5ccccc5c5c6sc7ccccc7c6c6c(c7ccccc7n6-c6ccccc6)c54)nc4ccccc34)cc2)cc1. The lowest BCUT2D eigenvalue weighted by atomic mass is 10.0. The molecule has 256 valence electrons. The molecule has 0 fully saturated rings. The molecule has 0 saturated heterocycles. The highest BCUT2D eigenvalue weighted by molar-refractivity contribution is 7.27. The first-order valence-corrected chi connectivity index (χ1v) is 19.4. The molecular weight excluding hydrogens is 689 g/mol. The zero-order chi connectivity index (χ0) is 36.0. The summed E-state index contributed by atoms with van der Waals surface area (Å²) in [7, 11) is 0. The highest BCUT2D eigenvalue weighted by Gasteiger charge is 2.27. The lowest BCUT2D eigenvalue weighted by Gasteiger charge is -2.13. The van der Waals surface area contributed by atoms with Crippen LogP contribution in [-0.2, 0) is 0 Å². The van der Waals surface area contributed by atoms with E-state index >= 15 is 0 Å². The maximum absolute atomic E-state index is 5.54. The van der Waals surface area contributed by atoms with E-state index in [-0.39, 0.29) is 0 Å². The van der Waals surface area contributed by atoms with E-state index in [0.29, 0.717) is 5.95 Å². The highest BCUT2D eigenvalue weighted by atomic mass is 32.1. The fourth-order valence-corrected chi connectivity index (χ4v) is 10.0. The summed E-state index contributed by atoms with van der Waals surface area (Å²) in [6.07, 6.45) is 0. The molecule has 8 aromatic carbocycles. The first kappa shape index (κ1) is 30.4. The summed E-state index contributed by atoms with van der Waals surface area (Å²) in [4.78, 5) is 10.9. The van der Waals surface area contributed by atoms with Crippen molar-refractivity contribution in [2.24, 2.45) is 0 Å². The molecule has 4 nitrogen and oxygen atoms in total. The fraction of sp³-hybridized carbons (Fsp3) is 0. The van der Waals surface area contributed by atoms with E-state index in [9.17, 15) is 0 Å². The van der Waals surface area contributed by atoms with Gasteiger partial charge in [0.25, 0.3) is 0 Å². The van der Waals surface area contributed by atoms with E-state index in [1.165, 1.54) is 63.9 Å². The second-order valence-electron chi connectivity index (χ2n) is 14.1. The van der Waals surface area contributed by atoms with Gasteiger partial charge >= 0.3 is 0 Å². The molecule has 4 aromatic heterocycles. The molecule has 0 spiro atoms. The molecule has 0 aliphatic rings. The van der Waals surface area contributed by atoms with Crippen LogP contribution in [0.2, 0.25) is 0 Å². The van der Waals surface area contributed by atoms with E-state index < -0.39 is 0 Å². The summed E-state index contributed by atoms with van der Waals surface area (Å²) in [5.41, 5.74) is 11.0. The van der Waals surface area contributed by atoms with Crippen molar-refractivity contribution >= 4 is 86.0 Å². The molecular formula is C50H30N4S. The second kappa shape index (κ2) is 11.7. The number of thiophene rings is 1. The van der Waals surface area contributed by atoms with Crippen LogP contribution < -0.4 is 0 Å². The molecule has 0 radical (unpaired) electrons. The molecule has 0 atom stereocenters. The van der Waals surface area contributed by atoms with Crippen LogP contribution in [0, 0.1) is 0 Å². The van der Waals surface area contributed by atoms with Gasteiger partial charge in [0.15, 0.2) is 0 Å². The molecule has 0 bridgehead atoms. The average Bonchev–Trinajstić information content (AvgIpc) is 3.92. The third-order valence-corrected chi connectivity index (χ3v) is 12.3. The minimum Gasteiger partial charge on any atom is -0.308 e. The van der Waals surface area contributed by atoms with E-state index in [1.54, 1.807) is 0 Å². The lowest BCUT2D eigenvalue weighted by Crippen LogP contribution is -2.04. The third-order valence-electron chi connectivity index (χ3n) is 11.1. The Balaban J connectivity index is 1.26. The van der Waals surface area contributed by atoms with Gasteiger partial charge in [-0.1, -0.05) is 146 Å². The number of hydrogen-bond acceptors (Lipinski definition) is 3. The van der Waals surface area contributed by atoms with E-state index in [0.717, 1.165) is 38.9 Å². The Labute approximate surface area is 319 Å². The smallest absolute Gasteiger partial charge is 0.235 e. The zero-order valence-electron chi connectivity index (χ0n) is 29.5. The molecule has 0 N–H and O–H groups in total. The van der Waals surface area contributed by atoms with Gasteiger partial charge in [0.1, 0.15) is 0 Å². The number of aromatic nitrogens is 4. The van der Waals surface area contributed by atoms with Gasteiger partial charge in [-0.05, 0) is 47.5 Å². The third kappa shape index (κ3) is 4.39. The molecule has 0 aliphatic carbocycles. The minimum absolute atomic E-state index is 0.658. The van der Waals surface area contributed by atoms with Crippen molar-refractivity contribution in [3.05, 3.63) is 182 Å². The molecule has 0 aliphatic heterocycles. The van der Waals surface area contributed by atoms with Gasteiger partial charge in [0.05, 0.1) is 33.3 Å². The van der Waals surface area contributed by atoms with Crippen molar-refractivity contribution in [2.75, 3.05) is 0 Å². The molecule has 0 saturated carbocycles. The lowest BCUT2D eigenvalue weighted by molar-refractivity contribution is 1.02. The quantitative estimate of drug-likeness (QED) is 0.182. The molecule has 0 unspecified atom stereocenters. The Hall–Kier alpha value is -7.08. The average molecular weight is 719 g/mol. The minimum atomic E-state index is 0.658. The van der Waals surface area contributed by atoms with Gasteiger partial charge in [0, 0.05) is 58.4 Å². The van der Waals surface area contributed by atoms with Gasteiger partial charge in [-0.2, -0.15) is 0 Å². The van der Waals surface area contributed by atoms with Crippen LogP contribution >= 0.6 is 11.3 Å². The Kier molecular flexibility index (Phi) is 6.47. The summed E-state index contributed by atoms with van der Waals surface area (Å²) in [5, 5.41) is 8.41. The predicted molar refractivity (Wildman–Crippen MR) is 232 cm³/mol. The predicted octanol–water partition coefficient (Wildman–Crippen LogP) is 13.5. The van der Waals surface area contributed by atoms with Crippen molar-refractivity contribution in [1.29, 1.82) is 0 Å². The number of nitrogens with zero attached hydrogens (tertiary/aromatic N) is 4. The Morgan fingerprint density at radius 1 is 0.382 bits per heavy atom. The van der Waals surface area contributed by atoms with E-state index in [4.69, 9.17) is 9.97 Å². The normalized spacial score (nSPS) is 12.0. The van der Waals surface area contributed by atoms with Gasteiger partial charge < -0.3 is 4.57 Å². The number of hydrogen-bond donors (Lipinski definition) is 0. The van der Waals surface area contributed by atoms with Crippen molar-refractivity contribution in [3.8, 4) is 34.0 Å². The van der Waals surface area contributed by atoms with Crippen LogP contribution in [0.3, 0.4) is 0 Å². The zero-order valence-corrected chi connectivity index (χ0v) is 30.3. The van der Waals surface area contributed by atoms with Crippen LogP contribution in [0.15, 0.2) is 182 Å². The maximum Gasteiger partial charge on any atom is 0.235 e. The van der Waals surface area contributed by atoms with Gasteiger partial charge in [-0.15, -0.1) is 11.3 Å². The number of benzene rings is 8. The molecule has 0 amide bonds. The Morgan fingerprint density at radius 3 is 1.67 bits per heavy atom. The number of fused-ring (bicyclic) bond motifs is 13. The summed E-state index contributed by atoms with van der Waals surface area (Å²) in [5.74, 6) is 0.658. The molecule has 55 heavy (non-hydrogen) atoms. The summed E-state index contributed by atoms with van der Waals surface area (Å²) in [6.45, 7) is 0. The topological polar surface area (TPSA) is 35.6 Å². The summed E-state index contributed by atoms with van der Waals surface area (Å²) >= 11 is 1.88. The van der Waals surface area contributed by atoms with E-state index in [1.807, 2.05) is 11.3 Å². The van der Waals surface area contributed by atoms with Crippen molar-refractivity contribution in [1.82, 2.24) is 19.1 Å². The number of rotatable bonds is 4. The first-order chi connectivity index (χ1) is 27.3. The summed E-state index contributed by atoms with van der Waals surface area (Å²) in [6, 6.07) is 65.0. The van der Waals surface area contributed by atoms with Crippen LogP contribution in [0.1, 0.15) is 0 Å². The standard InChI is InChI=1S/C50H30N4S/c1-3-15-31(16-4-1)32-27-29-33(30-28-32)46-35-19-7-11-23-39(35)51-50(52-46)54-41-25-13-9-21-37(41)44-48(54)43-36-20-8-12-24-40(36)53(34-17-5-2-6-18-34)47(43)45-38-22-10-14-26-42(38)55-49(44)45/h1-30H. The molecule has 12 aromatic rings. The fourth-order valence-electron chi connectivity index (χ4n) is 8.77. The largest absolute Gasteiger partial charge is 0.308 e. The monoisotopic (exact) mass is 718 g/mol. The summed E-state index contributed by atoms with van der Waals surface area (Å²) < 4.78 is 7.36.